The van der Waals surface area contributed by atoms with Crippen molar-refractivity contribution in [3.05, 3.63) is 29.8 Å². The zero-order valence-corrected chi connectivity index (χ0v) is 9.63. The highest BCUT2D eigenvalue weighted by molar-refractivity contribution is 5.85. The zero-order chi connectivity index (χ0) is 11.8. The third kappa shape index (κ3) is 1.78. The summed E-state index contributed by atoms with van der Waals surface area (Å²) < 4.78 is 5.54. The molecule has 1 amide bonds. The number of rotatable bonds is 1. The standard InChI is InChI=1S/C13H16N2O2/c14-9-5-6-15(7-9)13(16)11-8-17-12-4-2-1-3-10(11)12/h1-4,9,11H,5-8,14H2/t9-,11-/m1/s1. The van der Waals surface area contributed by atoms with Crippen LogP contribution in [0.4, 0.5) is 0 Å². The fraction of sp³-hybridized carbons (Fsp3) is 0.462. The minimum atomic E-state index is -0.142. The largest absolute Gasteiger partial charge is 0.492 e. The summed E-state index contributed by atoms with van der Waals surface area (Å²) in [6, 6.07) is 7.90. The molecule has 2 N–H and O–H groups in total. The maximum absolute atomic E-state index is 12.3. The molecule has 3 rings (SSSR count). The Morgan fingerprint density at radius 1 is 1.41 bits per heavy atom. The van der Waals surface area contributed by atoms with Crippen LogP contribution in [-0.2, 0) is 4.79 Å². The maximum Gasteiger partial charge on any atom is 0.233 e. The minimum absolute atomic E-state index is 0.136. The number of carbonyl (C=O) groups is 1. The molecule has 0 aromatic heterocycles. The van der Waals surface area contributed by atoms with Crippen molar-refractivity contribution in [1.82, 2.24) is 4.90 Å². The average Bonchev–Trinajstić information content (AvgIpc) is 2.94. The molecule has 0 spiro atoms. The molecular formula is C13H16N2O2. The van der Waals surface area contributed by atoms with Gasteiger partial charge in [0.2, 0.25) is 5.91 Å². The van der Waals surface area contributed by atoms with Crippen molar-refractivity contribution >= 4 is 5.91 Å². The average molecular weight is 232 g/mol. The van der Waals surface area contributed by atoms with E-state index in [1.165, 1.54) is 0 Å². The SMILES string of the molecule is N[C@@H]1CCN(C(=O)[C@@H]2COc3ccccc32)C1. The number of amides is 1. The molecule has 0 unspecified atom stereocenters. The van der Waals surface area contributed by atoms with Gasteiger partial charge in [0.15, 0.2) is 0 Å². The van der Waals surface area contributed by atoms with Crippen molar-refractivity contribution in [2.45, 2.75) is 18.4 Å². The topological polar surface area (TPSA) is 55.6 Å². The van der Waals surface area contributed by atoms with Crippen LogP contribution in [-0.4, -0.2) is 36.5 Å². The predicted molar refractivity (Wildman–Crippen MR) is 63.9 cm³/mol. The Balaban J connectivity index is 1.80. The number of hydrogen-bond donors (Lipinski definition) is 1. The zero-order valence-electron chi connectivity index (χ0n) is 9.63. The summed E-state index contributed by atoms with van der Waals surface area (Å²) in [4.78, 5) is 14.2. The van der Waals surface area contributed by atoms with Crippen molar-refractivity contribution in [1.29, 1.82) is 0 Å². The Labute approximate surface area is 100 Å². The first-order chi connectivity index (χ1) is 8.25. The van der Waals surface area contributed by atoms with Gasteiger partial charge in [-0.3, -0.25) is 4.79 Å². The van der Waals surface area contributed by atoms with E-state index >= 15 is 0 Å². The van der Waals surface area contributed by atoms with Gasteiger partial charge in [-0.1, -0.05) is 18.2 Å². The normalized spacial score (nSPS) is 26.8. The molecule has 1 aromatic carbocycles. The van der Waals surface area contributed by atoms with E-state index in [0.29, 0.717) is 13.2 Å². The molecule has 2 aliphatic heterocycles. The predicted octanol–water partition coefficient (Wildman–Crippen LogP) is 0.722. The number of likely N-dealkylation sites (tertiary alicyclic amines) is 1. The van der Waals surface area contributed by atoms with E-state index < -0.39 is 0 Å². The van der Waals surface area contributed by atoms with Gasteiger partial charge in [-0.15, -0.1) is 0 Å². The highest BCUT2D eigenvalue weighted by Gasteiger charge is 2.35. The van der Waals surface area contributed by atoms with Gasteiger partial charge in [0.05, 0.1) is 0 Å². The summed E-state index contributed by atoms with van der Waals surface area (Å²) in [5.74, 6) is 0.855. The van der Waals surface area contributed by atoms with Crippen molar-refractivity contribution in [3.8, 4) is 5.75 Å². The van der Waals surface area contributed by atoms with Crippen LogP contribution in [0.25, 0.3) is 0 Å². The molecule has 1 aromatic rings. The second kappa shape index (κ2) is 4.04. The number of carbonyl (C=O) groups excluding carboxylic acids is 1. The molecule has 2 atom stereocenters. The number of nitrogens with two attached hydrogens (primary N) is 1. The summed E-state index contributed by atoms with van der Waals surface area (Å²) >= 11 is 0. The van der Waals surface area contributed by atoms with Crippen molar-refractivity contribution in [2.24, 2.45) is 5.73 Å². The van der Waals surface area contributed by atoms with Crippen molar-refractivity contribution in [3.63, 3.8) is 0 Å². The molecule has 2 aliphatic rings. The molecule has 1 saturated heterocycles. The molecule has 17 heavy (non-hydrogen) atoms. The second-order valence-corrected chi connectivity index (χ2v) is 4.73. The van der Waals surface area contributed by atoms with E-state index in [1.807, 2.05) is 29.2 Å². The molecular weight excluding hydrogens is 216 g/mol. The molecule has 90 valence electrons. The molecule has 1 fully saturated rings. The highest BCUT2D eigenvalue weighted by Crippen LogP contribution is 2.35. The summed E-state index contributed by atoms with van der Waals surface area (Å²) in [7, 11) is 0. The van der Waals surface area contributed by atoms with Gasteiger partial charge < -0.3 is 15.4 Å². The van der Waals surface area contributed by atoms with Gasteiger partial charge in [-0.25, -0.2) is 0 Å². The first kappa shape index (κ1) is 10.6. The lowest BCUT2D eigenvalue weighted by molar-refractivity contribution is -0.132. The monoisotopic (exact) mass is 232 g/mol. The van der Waals surface area contributed by atoms with E-state index in [9.17, 15) is 4.79 Å². The van der Waals surface area contributed by atoms with Crippen molar-refractivity contribution in [2.75, 3.05) is 19.7 Å². The lowest BCUT2D eigenvalue weighted by Gasteiger charge is -2.19. The van der Waals surface area contributed by atoms with Crippen LogP contribution in [0.3, 0.4) is 0 Å². The van der Waals surface area contributed by atoms with E-state index in [4.69, 9.17) is 10.5 Å². The fourth-order valence-electron chi connectivity index (χ4n) is 2.57. The minimum Gasteiger partial charge on any atom is -0.492 e. The van der Waals surface area contributed by atoms with Gasteiger partial charge >= 0.3 is 0 Å². The Bertz CT molecular complexity index is 447. The lowest BCUT2D eigenvalue weighted by Crippen LogP contribution is -2.35. The van der Waals surface area contributed by atoms with Crippen LogP contribution in [0.5, 0.6) is 5.75 Å². The number of benzene rings is 1. The second-order valence-electron chi connectivity index (χ2n) is 4.73. The smallest absolute Gasteiger partial charge is 0.233 e. The van der Waals surface area contributed by atoms with Gasteiger partial charge in [-0.2, -0.15) is 0 Å². The molecule has 0 radical (unpaired) electrons. The highest BCUT2D eigenvalue weighted by atomic mass is 16.5. The number of para-hydroxylation sites is 1. The number of fused-ring (bicyclic) bond motifs is 1. The molecule has 2 heterocycles. The lowest BCUT2D eigenvalue weighted by atomic mass is 10.00. The summed E-state index contributed by atoms with van der Waals surface area (Å²) in [5, 5.41) is 0. The summed E-state index contributed by atoms with van der Waals surface area (Å²) in [6.45, 7) is 1.92. The third-order valence-electron chi connectivity index (χ3n) is 3.53. The summed E-state index contributed by atoms with van der Waals surface area (Å²) in [5.41, 5.74) is 6.84. The van der Waals surface area contributed by atoms with Crippen LogP contribution >= 0.6 is 0 Å². The summed E-state index contributed by atoms with van der Waals surface area (Å²) in [6.07, 6.45) is 0.904. The molecule has 4 nitrogen and oxygen atoms in total. The van der Waals surface area contributed by atoms with E-state index in [0.717, 1.165) is 24.3 Å². The van der Waals surface area contributed by atoms with Crippen LogP contribution in [0.1, 0.15) is 17.9 Å². The van der Waals surface area contributed by atoms with Crippen LogP contribution < -0.4 is 10.5 Å². The fourth-order valence-corrected chi connectivity index (χ4v) is 2.57. The van der Waals surface area contributed by atoms with Gasteiger partial charge in [-0.05, 0) is 12.5 Å². The van der Waals surface area contributed by atoms with Crippen LogP contribution in [0.2, 0.25) is 0 Å². The van der Waals surface area contributed by atoms with Crippen LogP contribution in [0.15, 0.2) is 24.3 Å². The molecule has 0 saturated carbocycles. The maximum atomic E-state index is 12.3. The van der Waals surface area contributed by atoms with E-state index in [2.05, 4.69) is 0 Å². The Morgan fingerprint density at radius 2 is 2.24 bits per heavy atom. The van der Waals surface area contributed by atoms with E-state index in [-0.39, 0.29) is 17.9 Å². The first-order valence-electron chi connectivity index (χ1n) is 6.02. The van der Waals surface area contributed by atoms with Crippen molar-refractivity contribution < 1.29 is 9.53 Å². The first-order valence-corrected chi connectivity index (χ1v) is 6.02. The van der Waals surface area contributed by atoms with Gasteiger partial charge in [0.1, 0.15) is 18.3 Å². The van der Waals surface area contributed by atoms with Gasteiger partial charge in [0, 0.05) is 24.7 Å². The number of ether oxygens (including phenoxy) is 1. The third-order valence-corrected chi connectivity index (χ3v) is 3.53. The van der Waals surface area contributed by atoms with E-state index in [1.54, 1.807) is 0 Å². The number of hydrogen-bond acceptors (Lipinski definition) is 3. The molecule has 0 aliphatic carbocycles. The quantitative estimate of drug-likeness (QED) is 0.776. The Morgan fingerprint density at radius 3 is 3.00 bits per heavy atom. The van der Waals surface area contributed by atoms with Crippen LogP contribution in [0, 0.1) is 0 Å². The Hall–Kier alpha value is -1.55. The molecule has 0 bridgehead atoms. The Kier molecular flexibility index (Phi) is 2.52. The number of nitrogens with zero attached hydrogens (tertiary/aromatic N) is 1. The molecule has 4 heteroatoms. The van der Waals surface area contributed by atoms with Gasteiger partial charge in [0.25, 0.3) is 0 Å².